The molecule has 3 nitrogen and oxygen atoms in total. The van der Waals surface area contributed by atoms with Gasteiger partial charge in [-0.25, -0.2) is 9.18 Å². The lowest BCUT2D eigenvalue weighted by molar-refractivity contribution is 0.0601. The van der Waals surface area contributed by atoms with Gasteiger partial charge in [0, 0.05) is 16.9 Å². The minimum absolute atomic E-state index is 0.294. The van der Waals surface area contributed by atoms with Gasteiger partial charge in [-0.1, -0.05) is 18.7 Å². The number of hydrogen-bond acceptors (Lipinski definition) is 3. The van der Waals surface area contributed by atoms with Gasteiger partial charge in [-0.3, -0.25) is 0 Å². The van der Waals surface area contributed by atoms with E-state index in [-0.39, 0.29) is 11.8 Å². The van der Waals surface area contributed by atoms with Gasteiger partial charge in [0.15, 0.2) is 0 Å². The fourth-order valence-electron chi connectivity index (χ4n) is 2.70. The van der Waals surface area contributed by atoms with Crippen LogP contribution in [0.2, 0.25) is 0 Å². The molecule has 0 heterocycles. The summed E-state index contributed by atoms with van der Waals surface area (Å²) >= 11 is 0. The van der Waals surface area contributed by atoms with Crippen LogP contribution in [0.25, 0.3) is 16.3 Å². The van der Waals surface area contributed by atoms with Crippen molar-refractivity contribution in [2.45, 2.75) is 6.92 Å². The first kappa shape index (κ1) is 16.7. The fraction of sp³-hybridized carbons (Fsp3) is 0.0952. The van der Waals surface area contributed by atoms with Crippen molar-refractivity contribution in [3.05, 3.63) is 78.1 Å². The molecule has 3 rings (SSSR count). The molecule has 0 saturated carbocycles. The lowest BCUT2D eigenvalue weighted by Crippen LogP contribution is -2.00. The van der Waals surface area contributed by atoms with Crippen molar-refractivity contribution in [2.75, 3.05) is 12.4 Å². The van der Waals surface area contributed by atoms with Crippen molar-refractivity contribution in [2.24, 2.45) is 0 Å². The third-order valence-electron chi connectivity index (χ3n) is 3.98. The van der Waals surface area contributed by atoms with E-state index in [0.29, 0.717) is 5.56 Å². The molecule has 0 saturated heterocycles. The number of hydrogen-bond donors (Lipinski definition) is 1. The van der Waals surface area contributed by atoms with Gasteiger partial charge in [0.05, 0.1) is 12.7 Å². The molecular weight excluding hydrogens is 317 g/mol. The van der Waals surface area contributed by atoms with Crippen LogP contribution in [-0.2, 0) is 4.74 Å². The number of methoxy groups -OCH3 is 1. The maximum absolute atomic E-state index is 13.5. The second kappa shape index (κ2) is 6.77. The molecule has 0 aliphatic carbocycles. The predicted octanol–water partition coefficient (Wildman–Crippen LogP) is 5.54. The molecule has 0 spiro atoms. The summed E-state index contributed by atoms with van der Waals surface area (Å²) < 4.78 is 18.2. The van der Waals surface area contributed by atoms with E-state index in [1.165, 1.54) is 19.2 Å². The first-order chi connectivity index (χ1) is 12.0. The van der Waals surface area contributed by atoms with Crippen LogP contribution in [-0.4, -0.2) is 13.1 Å². The number of anilines is 2. The van der Waals surface area contributed by atoms with Crippen molar-refractivity contribution in [1.29, 1.82) is 0 Å². The summed E-state index contributed by atoms with van der Waals surface area (Å²) in [6.07, 6.45) is 0. The molecule has 4 heteroatoms. The predicted molar refractivity (Wildman–Crippen MR) is 99.7 cm³/mol. The number of esters is 1. The topological polar surface area (TPSA) is 38.3 Å². The quantitative estimate of drug-likeness (QED) is 0.636. The number of ether oxygens (including phenoxy) is 1. The Balaban J connectivity index is 1.95. The van der Waals surface area contributed by atoms with Gasteiger partial charge in [0.2, 0.25) is 0 Å². The van der Waals surface area contributed by atoms with Crippen LogP contribution >= 0.6 is 0 Å². The van der Waals surface area contributed by atoms with Gasteiger partial charge >= 0.3 is 5.97 Å². The SMILES string of the molecule is C=C(C)c1cc(F)ccc1Nc1ccc2cc(C(=O)OC)ccc2c1. The summed E-state index contributed by atoms with van der Waals surface area (Å²) in [6.45, 7) is 5.74. The Kier molecular flexibility index (Phi) is 4.52. The van der Waals surface area contributed by atoms with Crippen LogP contribution in [0.1, 0.15) is 22.8 Å². The average Bonchev–Trinajstić information content (AvgIpc) is 2.61. The van der Waals surface area contributed by atoms with Crippen molar-refractivity contribution >= 4 is 33.7 Å². The van der Waals surface area contributed by atoms with Crippen LogP contribution < -0.4 is 5.32 Å². The summed E-state index contributed by atoms with van der Waals surface area (Å²) in [4.78, 5) is 11.6. The maximum atomic E-state index is 13.5. The highest BCUT2D eigenvalue weighted by Gasteiger charge is 2.08. The lowest BCUT2D eigenvalue weighted by Gasteiger charge is -2.13. The zero-order chi connectivity index (χ0) is 18.0. The Hall–Kier alpha value is -3.14. The number of carbonyl (C=O) groups is 1. The highest BCUT2D eigenvalue weighted by atomic mass is 19.1. The smallest absolute Gasteiger partial charge is 0.337 e. The molecule has 1 N–H and O–H groups in total. The molecule has 0 radical (unpaired) electrons. The van der Waals surface area contributed by atoms with Crippen LogP contribution in [0.3, 0.4) is 0 Å². The molecule has 0 aromatic heterocycles. The third kappa shape index (κ3) is 3.53. The first-order valence-corrected chi connectivity index (χ1v) is 7.82. The third-order valence-corrected chi connectivity index (χ3v) is 3.98. The Bertz CT molecular complexity index is 979. The number of nitrogens with one attached hydrogen (secondary N) is 1. The van der Waals surface area contributed by atoms with E-state index in [4.69, 9.17) is 4.74 Å². The molecule has 0 fully saturated rings. The number of halogens is 1. The number of carbonyl (C=O) groups excluding carboxylic acids is 1. The fourth-order valence-corrected chi connectivity index (χ4v) is 2.70. The molecule has 0 amide bonds. The van der Waals surface area contributed by atoms with E-state index in [1.54, 1.807) is 18.2 Å². The summed E-state index contributed by atoms with van der Waals surface area (Å²) in [5.41, 5.74) is 3.69. The number of allylic oxidation sites excluding steroid dienone is 1. The van der Waals surface area contributed by atoms with Gasteiger partial charge in [0.25, 0.3) is 0 Å². The monoisotopic (exact) mass is 335 g/mol. The molecular formula is C21H18FNO2. The van der Waals surface area contributed by atoms with E-state index in [0.717, 1.165) is 33.3 Å². The maximum Gasteiger partial charge on any atom is 0.337 e. The van der Waals surface area contributed by atoms with E-state index in [1.807, 2.05) is 31.2 Å². The molecule has 3 aromatic carbocycles. The van der Waals surface area contributed by atoms with E-state index in [9.17, 15) is 9.18 Å². The molecule has 3 aromatic rings. The summed E-state index contributed by atoms with van der Waals surface area (Å²) in [6, 6.07) is 15.8. The Morgan fingerprint density at radius 3 is 2.48 bits per heavy atom. The Labute approximate surface area is 145 Å². The van der Waals surface area contributed by atoms with E-state index < -0.39 is 0 Å². The van der Waals surface area contributed by atoms with Crippen LogP contribution in [0.5, 0.6) is 0 Å². The normalized spacial score (nSPS) is 10.5. The molecule has 0 unspecified atom stereocenters. The van der Waals surface area contributed by atoms with Gasteiger partial charge in [-0.2, -0.15) is 0 Å². The Morgan fingerprint density at radius 1 is 1.04 bits per heavy atom. The molecule has 126 valence electrons. The van der Waals surface area contributed by atoms with Crippen molar-refractivity contribution < 1.29 is 13.9 Å². The molecule has 25 heavy (non-hydrogen) atoms. The summed E-state index contributed by atoms with van der Waals surface area (Å²) in [7, 11) is 1.36. The van der Waals surface area contributed by atoms with Crippen LogP contribution in [0.4, 0.5) is 15.8 Å². The summed E-state index contributed by atoms with van der Waals surface area (Å²) in [5, 5.41) is 5.22. The average molecular weight is 335 g/mol. The Morgan fingerprint density at radius 2 is 1.76 bits per heavy atom. The van der Waals surface area contributed by atoms with E-state index in [2.05, 4.69) is 11.9 Å². The zero-order valence-corrected chi connectivity index (χ0v) is 14.1. The number of benzene rings is 3. The first-order valence-electron chi connectivity index (χ1n) is 7.82. The highest BCUT2D eigenvalue weighted by Crippen LogP contribution is 2.28. The van der Waals surface area contributed by atoms with Gasteiger partial charge in [-0.05, 0) is 65.7 Å². The van der Waals surface area contributed by atoms with Crippen LogP contribution in [0, 0.1) is 5.82 Å². The second-order valence-electron chi connectivity index (χ2n) is 5.86. The molecule has 0 atom stereocenters. The minimum Gasteiger partial charge on any atom is -0.465 e. The van der Waals surface area contributed by atoms with Crippen molar-refractivity contribution in [3.63, 3.8) is 0 Å². The van der Waals surface area contributed by atoms with Crippen LogP contribution in [0.15, 0.2) is 61.2 Å². The molecule has 0 aliphatic rings. The van der Waals surface area contributed by atoms with Gasteiger partial charge < -0.3 is 10.1 Å². The number of rotatable bonds is 4. The van der Waals surface area contributed by atoms with Crippen molar-refractivity contribution in [1.82, 2.24) is 0 Å². The largest absolute Gasteiger partial charge is 0.465 e. The molecule has 0 bridgehead atoms. The lowest BCUT2D eigenvalue weighted by atomic mass is 10.0. The second-order valence-corrected chi connectivity index (χ2v) is 5.86. The standard InChI is InChI=1S/C21H18FNO2/c1-13(2)19-12-17(22)7-9-20(19)23-18-8-6-14-10-16(21(24)25-3)5-4-15(14)11-18/h4-12,23H,1H2,2-3H3. The summed E-state index contributed by atoms with van der Waals surface area (Å²) in [5.74, 6) is -0.654. The van der Waals surface area contributed by atoms with Gasteiger partial charge in [0.1, 0.15) is 5.82 Å². The molecule has 0 aliphatic heterocycles. The van der Waals surface area contributed by atoms with Gasteiger partial charge in [-0.15, -0.1) is 0 Å². The minimum atomic E-state index is -0.360. The number of fused-ring (bicyclic) bond motifs is 1. The zero-order valence-electron chi connectivity index (χ0n) is 14.1. The van der Waals surface area contributed by atoms with E-state index >= 15 is 0 Å². The highest BCUT2D eigenvalue weighted by molar-refractivity contribution is 5.96. The van der Waals surface area contributed by atoms with Crippen molar-refractivity contribution in [3.8, 4) is 0 Å².